The first-order valence-corrected chi connectivity index (χ1v) is 24.3. The van der Waals surface area contributed by atoms with E-state index in [0.29, 0.717) is 61.2 Å². The number of carbonyl (C=O) groups excluding carboxylic acids is 8. The van der Waals surface area contributed by atoms with Gasteiger partial charge in [0.15, 0.2) is 23.1 Å². The molecule has 0 atom stereocenters. The van der Waals surface area contributed by atoms with E-state index in [1.54, 1.807) is 182 Å². The van der Waals surface area contributed by atoms with Crippen LogP contribution in [-0.2, 0) is 18.9 Å². The number of hydrogen-bond acceptors (Lipinski definition) is 16. The number of benzene rings is 8. The molecule has 0 heterocycles. The molecule has 0 fully saturated rings. The molecule has 8 rings (SSSR count). The number of carbonyl (C=O) groups is 8. The van der Waals surface area contributed by atoms with Crippen molar-refractivity contribution in [1.29, 1.82) is 0 Å². The first-order chi connectivity index (χ1) is 36.5. The van der Waals surface area contributed by atoms with Gasteiger partial charge in [-0.15, -0.1) is 50.5 Å². The van der Waals surface area contributed by atoms with E-state index < -0.39 is 23.9 Å². The Hall–Kier alpha value is -8.28. The predicted octanol–water partition coefficient (Wildman–Crippen LogP) is 12.0. The molecule has 16 heteroatoms. The minimum Gasteiger partial charge on any atom is -0.465 e. The summed E-state index contributed by atoms with van der Waals surface area (Å²) in [5.74, 6) is -2.45. The Morgan fingerprint density at radius 2 is 0.539 bits per heavy atom. The van der Waals surface area contributed by atoms with Crippen molar-refractivity contribution in [3.05, 3.63) is 261 Å². The van der Waals surface area contributed by atoms with Gasteiger partial charge in [0.05, 0.1) is 50.7 Å². The van der Waals surface area contributed by atoms with Crippen molar-refractivity contribution < 1.29 is 57.3 Å². The third-order valence-electron chi connectivity index (χ3n) is 10.7. The zero-order chi connectivity index (χ0) is 55.3. The quantitative estimate of drug-likeness (QED) is 0.0395. The number of esters is 4. The molecular formula is C60H48O12S4. The topological polar surface area (TPSA) is 173 Å². The largest absolute Gasteiger partial charge is 0.465 e. The molecule has 0 aliphatic carbocycles. The van der Waals surface area contributed by atoms with E-state index in [-0.39, 0.29) is 28.7 Å². The fourth-order valence-corrected chi connectivity index (χ4v) is 7.47. The maximum atomic E-state index is 12.4. The van der Waals surface area contributed by atoms with E-state index in [1.807, 2.05) is 0 Å². The second kappa shape index (κ2) is 29.0. The van der Waals surface area contributed by atoms with Crippen LogP contribution in [0.4, 0.5) is 0 Å². The molecule has 8 aromatic rings. The van der Waals surface area contributed by atoms with Crippen molar-refractivity contribution in [3.8, 4) is 0 Å². The van der Waals surface area contributed by atoms with Gasteiger partial charge < -0.3 is 18.9 Å². The van der Waals surface area contributed by atoms with Crippen LogP contribution in [0, 0.1) is 0 Å². The lowest BCUT2D eigenvalue weighted by atomic mass is 9.98. The highest BCUT2D eigenvalue weighted by molar-refractivity contribution is 7.80. The normalized spacial score (nSPS) is 10.0. The van der Waals surface area contributed by atoms with E-state index >= 15 is 0 Å². The Bertz CT molecular complexity index is 3370. The first-order valence-electron chi connectivity index (χ1n) is 22.6. The third-order valence-corrected chi connectivity index (χ3v) is 11.9. The maximum absolute atomic E-state index is 12.4. The van der Waals surface area contributed by atoms with Crippen molar-refractivity contribution >= 4 is 97.5 Å². The molecule has 0 aliphatic rings. The molecule has 0 spiro atoms. The lowest BCUT2D eigenvalue weighted by Crippen LogP contribution is -2.11. The van der Waals surface area contributed by atoms with Gasteiger partial charge in [0.25, 0.3) is 0 Å². The van der Waals surface area contributed by atoms with Crippen molar-refractivity contribution in [2.45, 2.75) is 19.6 Å². The molecule has 0 aliphatic heterocycles. The maximum Gasteiger partial charge on any atom is 0.338 e. The molecule has 12 nitrogen and oxygen atoms in total. The van der Waals surface area contributed by atoms with Gasteiger partial charge >= 0.3 is 23.9 Å². The van der Waals surface area contributed by atoms with Gasteiger partial charge in [0.2, 0.25) is 0 Å². The Labute approximate surface area is 461 Å². The molecule has 0 saturated heterocycles. The molecule has 0 amide bonds. The summed E-state index contributed by atoms with van der Waals surface area (Å²) in [5, 5.41) is 0. The van der Waals surface area contributed by atoms with E-state index in [4.69, 9.17) is 0 Å². The van der Waals surface area contributed by atoms with Crippen molar-refractivity contribution in [3.63, 3.8) is 0 Å². The standard InChI is InChI=1S/4C15H12O3S/c1-18-15(17)12-4-2-10(3-5-12)14(16)11-6-8-13(19)9-7-11;1-18-15(17)12-6-2-4-10(8-12)14(16)11-5-3-7-13(19)9-11;1-18-15(17)12-4-2-3-11(9-12)14(16)10-5-7-13(19)8-6-10;1-18-15(17)13-5-3-2-4-12(13)14(16)10-6-8-11(19)9-7-10/h4*2-9,19H,1H3. The highest BCUT2D eigenvalue weighted by Gasteiger charge is 2.19. The molecule has 0 bridgehead atoms. The van der Waals surface area contributed by atoms with Crippen LogP contribution in [-0.4, -0.2) is 75.4 Å². The van der Waals surface area contributed by atoms with Crippen LogP contribution in [0.3, 0.4) is 0 Å². The number of methoxy groups -OCH3 is 4. The van der Waals surface area contributed by atoms with Crippen LogP contribution in [0.5, 0.6) is 0 Å². The number of hydrogen-bond donors (Lipinski definition) is 4. The van der Waals surface area contributed by atoms with Crippen LogP contribution >= 0.6 is 50.5 Å². The van der Waals surface area contributed by atoms with Crippen LogP contribution in [0.15, 0.2) is 214 Å². The predicted molar refractivity (Wildman–Crippen MR) is 300 cm³/mol. The smallest absolute Gasteiger partial charge is 0.338 e. The van der Waals surface area contributed by atoms with Gasteiger partial charge in [-0.05, 0) is 127 Å². The molecule has 384 valence electrons. The fourth-order valence-electron chi connectivity index (χ4n) is 6.80. The Kier molecular flexibility index (Phi) is 22.3. The minimum atomic E-state index is -0.519. The van der Waals surface area contributed by atoms with E-state index in [2.05, 4.69) is 69.5 Å². The molecule has 0 N–H and O–H groups in total. The summed E-state index contributed by atoms with van der Waals surface area (Å²) >= 11 is 16.7. The molecule has 0 saturated carbocycles. The zero-order valence-corrected chi connectivity index (χ0v) is 44.7. The molecule has 0 unspecified atom stereocenters. The Morgan fingerprint density at radius 3 is 0.934 bits per heavy atom. The van der Waals surface area contributed by atoms with Crippen LogP contribution in [0.1, 0.15) is 105 Å². The summed E-state index contributed by atoms with van der Waals surface area (Å²) in [6.07, 6.45) is 0. The lowest BCUT2D eigenvalue weighted by molar-refractivity contribution is 0.0590. The molecule has 0 aromatic heterocycles. The molecule has 0 radical (unpaired) electrons. The number of rotatable bonds is 12. The van der Waals surface area contributed by atoms with Crippen LogP contribution in [0.2, 0.25) is 0 Å². The Morgan fingerprint density at radius 1 is 0.250 bits per heavy atom. The van der Waals surface area contributed by atoms with E-state index in [1.165, 1.54) is 40.6 Å². The van der Waals surface area contributed by atoms with Gasteiger partial charge in [0.1, 0.15) is 0 Å². The number of thiol groups is 4. The number of ether oxygens (including phenoxy) is 4. The van der Waals surface area contributed by atoms with Crippen molar-refractivity contribution in [2.75, 3.05) is 28.4 Å². The summed E-state index contributed by atoms with van der Waals surface area (Å²) in [5.41, 5.74) is 5.36. The second-order valence-electron chi connectivity index (χ2n) is 15.8. The minimum absolute atomic E-state index is 0.0928. The third kappa shape index (κ3) is 16.6. The summed E-state index contributed by atoms with van der Waals surface area (Å²) in [4.78, 5) is 97.9. The number of ketones is 4. The summed E-state index contributed by atoms with van der Waals surface area (Å²) in [7, 11) is 5.23. The molecule has 76 heavy (non-hydrogen) atoms. The molecular weight excluding hydrogens is 1040 g/mol. The van der Waals surface area contributed by atoms with Gasteiger partial charge in [0, 0.05) is 64.1 Å². The average molecular weight is 1090 g/mol. The van der Waals surface area contributed by atoms with Crippen molar-refractivity contribution in [1.82, 2.24) is 0 Å². The van der Waals surface area contributed by atoms with Gasteiger partial charge in [-0.3, -0.25) is 19.2 Å². The summed E-state index contributed by atoms with van der Waals surface area (Å²) < 4.78 is 18.5. The van der Waals surface area contributed by atoms with Crippen LogP contribution < -0.4 is 0 Å². The highest BCUT2D eigenvalue weighted by atomic mass is 32.1. The summed E-state index contributed by atoms with van der Waals surface area (Å²) in [6, 6.07) is 53.6. The van der Waals surface area contributed by atoms with Gasteiger partial charge in [-0.2, -0.15) is 0 Å². The summed E-state index contributed by atoms with van der Waals surface area (Å²) in [6.45, 7) is 0. The monoisotopic (exact) mass is 1090 g/mol. The zero-order valence-electron chi connectivity index (χ0n) is 41.2. The van der Waals surface area contributed by atoms with Crippen LogP contribution in [0.25, 0.3) is 0 Å². The average Bonchev–Trinajstić information content (AvgIpc) is 3.47. The Balaban J connectivity index is 0.000000187. The SMILES string of the molecule is COC(=O)c1ccc(C(=O)c2ccc(S)cc2)cc1.COC(=O)c1cccc(C(=O)c2ccc(S)cc2)c1.COC(=O)c1cccc(C(=O)c2cccc(S)c2)c1.COC(=O)c1ccccc1C(=O)c1ccc(S)cc1. The van der Waals surface area contributed by atoms with Gasteiger partial charge in [-0.1, -0.05) is 66.7 Å². The second-order valence-corrected chi connectivity index (χ2v) is 17.8. The fraction of sp³-hybridized carbons (Fsp3) is 0.0667. The van der Waals surface area contributed by atoms with E-state index in [9.17, 15) is 38.4 Å². The van der Waals surface area contributed by atoms with E-state index in [0.717, 1.165) is 19.6 Å². The van der Waals surface area contributed by atoms with Gasteiger partial charge in [-0.25, -0.2) is 19.2 Å². The highest BCUT2D eigenvalue weighted by Crippen LogP contribution is 2.20. The van der Waals surface area contributed by atoms with Crippen molar-refractivity contribution in [2.24, 2.45) is 0 Å². The lowest BCUT2D eigenvalue weighted by Gasteiger charge is -2.07. The first kappa shape index (κ1) is 58.6. The molecule has 8 aromatic carbocycles.